The van der Waals surface area contributed by atoms with Gasteiger partial charge < -0.3 is 9.47 Å². The van der Waals surface area contributed by atoms with Crippen molar-refractivity contribution in [1.29, 1.82) is 0 Å². The molecule has 0 radical (unpaired) electrons. The van der Waals surface area contributed by atoms with Crippen molar-refractivity contribution in [1.82, 2.24) is 0 Å². The molecule has 0 atom stereocenters. The molecule has 4 aromatic rings. The van der Waals surface area contributed by atoms with E-state index in [0.717, 1.165) is 0 Å². The first-order valence-electron chi connectivity index (χ1n) is 9.95. The van der Waals surface area contributed by atoms with Crippen LogP contribution in [-0.2, 0) is 0 Å². The lowest BCUT2D eigenvalue weighted by Crippen LogP contribution is -2.09. The minimum Gasteiger partial charge on any atom is -0.494 e. The van der Waals surface area contributed by atoms with Crippen LogP contribution in [0.3, 0.4) is 0 Å². The van der Waals surface area contributed by atoms with Crippen molar-refractivity contribution in [2.45, 2.75) is 0 Å². The maximum atomic E-state index is 15.3. The van der Waals surface area contributed by atoms with Crippen LogP contribution >= 0.6 is 0 Å². The fourth-order valence-corrected chi connectivity index (χ4v) is 3.73. The van der Waals surface area contributed by atoms with Crippen LogP contribution in [0.25, 0.3) is 22.3 Å². The molecule has 0 N–H and O–H groups in total. The zero-order valence-electron chi connectivity index (χ0n) is 17.6. The molecule has 3 nitrogen and oxygen atoms in total. The third-order valence-electron chi connectivity index (χ3n) is 5.27. The van der Waals surface area contributed by atoms with E-state index in [1.807, 2.05) is 0 Å². The Morgan fingerprint density at radius 3 is 1.31 bits per heavy atom. The Bertz CT molecular complexity index is 1170. The van der Waals surface area contributed by atoms with Gasteiger partial charge in [-0.05, 0) is 35.4 Å². The van der Waals surface area contributed by atoms with Gasteiger partial charge in [0.1, 0.15) is 0 Å². The molecule has 4 rings (SSSR count). The lowest BCUT2D eigenvalue weighted by atomic mass is 9.89. The van der Waals surface area contributed by atoms with E-state index in [2.05, 4.69) is 0 Å². The number of hydrogen-bond donors (Lipinski definition) is 0. The SMILES string of the molecule is COc1ccc(C(=O)c2ccc(OC)c(F)c2-c2ccccc2)c(-c2ccccc2)c1F. The number of ketones is 1. The quantitative estimate of drug-likeness (QED) is 0.326. The summed E-state index contributed by atoms with van der Waals surface area (Å²) in [5.74, 6) is -1.78. The van der Waals surface area contributed by atoms with Gasteiger partial charge >= 0.3 is 0 Å². The predicted octanol–water partition coefficient (Wildman–Crippen LogP) is 6.55. The van der Waals surface area contributed by atoms with Crippen molar-refractivity contribution in [3.63, 3.8) is 0 Å². The number of carbonyl (C=O) groups excluding carboxylic acids is 1. The van der Waals surface area contributed by atoms with Gasteiger partial charge in [0, 0.05) is 22.3 Å². The second-order valence-electron chi connectivity index (χ2n) is 7.07. The van der Waals surface area contributed by atoms with Crippen molar-refractivity contribution in [3.8, 4) is 33.8 Å². The first-order chi connectivity index (χ1) is 15.6. The maximum absolute atomic E-state index is 15.3. The molecule has 0 amide bonds. The van der Waals surface area contributed by atoms with Crippen LogP contribution in [0.1, 0.15) is 15.9 Å². The number of hydrogen-bond acceptors (Lipinski definition) is 3. The van der Waals surface area contributed by atoms with E-state index in [-0.39, 0.29) is 33.8 Å². The predicted molar refractivity (Wildman–Crippen MR) is 120 cm³/mol. The smallest absolute Gasteiger partial charge is 0.194 e. The maximum Gasteiger partial charge on any atom is 0.194 e. The Morgan fingerprint density at radius 1 is 0.594 bits per heavy atom. The molecule has 0 heterocycles. The van der Waals surface area contributed by atoms with Crippen molar-refractivity contribution >= 4 is 5.78 Å². The van der Waals surface area contributed by atoms with Crippen molar-refractivity contribution < 1.29 is 23.0 Å². The minimum absolute atomic E-state index is 0.0181. The summed E-state index contributed by atoms with van der Waals surface area (Å²) < 4.78 is 40.9. The molecular formula is C27H20F2O3. The third kappa shape index (κ3) is 3.73. The van der Waals surface area contributed by atoms with Gasteiger partial charge in [-0.1, -0.05) is 60.7 Å². The highest BCUT2D eigenvalue weighted by Crippen LogP contribution is 2.38. The number of methoxy groups -OCH3 is 2. The third-order valence-corrected chi connectivity index (χ3v) is 5.27. The van der Waals surface area contributed by atoms with Gasteiger partial charge in [-0.2, -0.15) is 0 Å². The molecule has 0 spiro atoms. The molecule has 0 aliphatic heterocycles. The molecule has 0 aromatic heterocycles. The molecule has 0 unspecified atom stereocenters. The summed E-state index contributed by atoms with van der Waals surface area (Å²) in [5.41, 5.74) is 1.45. The minimum atomic E-state index is -0.653. The van der Waals surface area contributed by atoms with Crippen molar-refractivity contribution in [3.05, 3.63) is 108 Å². The second kappa shape index (κ2) is 9.02. The molecule has 0 aliphatic rings. The summed E-state index contributed by atoms with van der Waals surface area (Å²) in [6, 6.07) is 23.3. The number of halogens is 2. The molecule has 5 heteroatoms. The zero-order valence-corrected chi connectivity index (χ0v) is 17.6. The first-order valence-corrected chi connectivity index (χ1v) is 9.95. The molecule has 0 bridgehead atoms. The summed E-state index contributed by atoms with van der Waals surface area (Å²) in [6.45, 7) is 0. The van der Waals surface area contributed by atoms with Crippen LogP contribution in [0.5, 0.6) is 11.5 Å². The highest BCUT2D eigenvalue weighted by atomic mass is 19.1. The highest BCUT2D eigenvalue weighted by Gasteiger charge is 2.26. The fourth-order valence-electron chi connectivity index (χ4n) is 3.73. The van der Waals surface area contributed by atoms with Gasteiger partial charge in [0.05, 0.1) is 14.2 Å². The molecule has 4 aromatic carbocycles. The van der Waals surface area contributed by atoms with Crippen LogP contribution in [0.15, 0.2) is 84.9 Å². The Balaban J connectivity index is 1.97. The zero-order chi connectivity index (χ0) is 22.7. The van der Waals surface area contributed by atoms with Gasteiger partial charge in [0.2, 0.25) is 0 Å². The Hall–Kier alpha value is -3.99. The molecule has 0 saturated carbocycles. The molecule has 0 aliphatic carbocycles. The number of carbonyl (C=O) groups is 1. The average Bonchev–Trinajstić information content (AvgIpc) is 2.84. The molecule has 0 saturated heterocycles. The monoisotopic (exact) mass is 430 g/mol. The Labute approximate surface area is 184 Å². The normalized spacial score (nSPS) is 10.6. The first kappa shape index (κ1) is 21.2. The Kier molecular flexibility index (Phi) is 5.99. The van der Waals surface area contributed by atoms with Crippen LogP contribution < -0.4 is 9.47 Å². The summed E-state index contributed by atoms with van der Waals surface area (Å²) >= 11 is 0. The topological polar surface area (TPSA) is 35.5 Å². The number of rotatable bonds is 6. The van der Waals surface area contributed by atoms with Gasteiger partial charge in [0.25, 0.3) is 0 Å². The molecule has 0 fully saturated rings. The fraction of sp³-hybridized carbons (Fsp3) is 0.0741. The van der Waals surface area contributed by atoms with Crippen LogP contribution in [0.4, 0.5) is 8.78 Å². The Morgan fingerprint density at radius 2 is 0.969 bits per heavy atom. The van der Waals surface area contributed by atoms with Gasteiger partial charge in [-0.3, -0.25) is 4.79 Å². The summed E-state index contributed by atoms with van der Waals surface area (Å²) in [7, 11) is 2.72. The van der Waals surface area contributed by atoms with Gasteiger partial charge in [-0.25, -0.2) is 8.78 Å². The lowest BCUT2D eigenvalue weighted by Gasteiger charge is -2.16. The van der Waals surface area contributed by atoms with E-state index in [1.54, 1.807) is 60.7 Å². The van der Waals surface area contributed by atoms with Crippen LogP contribution in [-0.4, -0.2) is 20.0 Å². The molecule has 160 valence electrons. The van der Waals surface area contributed by atoms with E-state index < -0.39 is 17.4 Å². The van der Waals surface area contributed by atoms with Gasteiger partial charge in [0.15, 0.2) is 28.9 Å². The summed E-state index contributed by atoms with van der Waals surface area (Å²) in [6.07, 6.45) is 0. The summed E-state index contributed by atoms with van der Waals surface area (Å²) in [5, 5.41) is 0. The van der Waals surface area contributed by atoms with E-state index in [0.29, 0.717) is 11.1 Å². The van der Waals surface area contributed by atoms with Crippen LogP contribution in [0.2, 0.25) is 0 Å². The van der Waals surface area contributed by atoms with Crippen LogP contribution in [0, 0.1) is 11.6 Å². The number of ether oxygens (including phenoxy) is 2. The summed E-state index contributed by atoms with van der Waals surface area (Å²) in [4.78, 5) is 13.7. The highest BCUT2D eigenvalue weighted by molar-refractivity contribution is 6.16. The average molecular weight is 430 g/mol. The lowest BCUT2D eigenvalue weighted by molar-refractivity contribution is 0.103. The van der Waals surface area contributed by atoms with E-state index in [1.165, 1.54) is 38.5 Å². The number of benzene rings is 4. The van der Waals surface area contributed by atoms with E-state index in [4.69, 9.17) is 9.47 Å². The second-order valence-corrected chi connectivity index (χ2v) is 7.07. The van der Waals surface area contributed by atoms with Crippen molar-refractivity contribution in [2.75, 3.05) is 14.2 Å². The standard InChI is InChI=1S/C27H20F2O3/c1-31-21-15-13-19(23(25(21)28)17-9-5-3-6-10-17)27(30)20-14-16-22(32-2)26(29)24(20)18-11-7-4-8-12-18/h3-16H,1-2H3. The van der Waals surface area contributed by atoms with E-state index >= 15 is 8.78 Å². The van der Waals surface area contributed by atoms with E-state index in [9.17, 15) is 4.79 Å². The molecular weight excluding hydrogens is 410 g/mol. The molecule has 32 heavy (non-hydrogen) atoms. The largest absolute Gasteiger partial charge is 0.494 e. The van der Waals surface area contributed by atoms with Crippen molar-refractivity contribution in [2.24, 2.45) is 0 Å². The van der Waals surface area contributed by atoms with Gasteiger partial charge in [-0.15, -0.1) is 0 Å².